The second kappa shape index (κ2) is 8.11. The predicted molar refractivity (Wildman–Crippen MR) is 95.1 cm³/mol. The molecule has 0 saturated carbocycles. The van der Waals surface area contributed by atoms with Gasteiger partial charge in [-0.05, 0) is 42.8 Å². The van der Waals surface area contributed by atoms with Crippen molar-refractivity contribution in [2.24, 2.45) is 0 Å². The van der Waals surface area contributed by atoms with Gasteiger partial charge in [0.2, 0.25) is 0 Å². The fourth-order valence-electron chi connectivity index (χ4n) is 2.47. The lowest BCUT2D eigenvalue weighted by molar-refractivity contribution is 0.0953. The van der Waals surface area contributed by atoms with Gasteiger partial charge >= 0.3 is 0 Å². The van der Waals surface area contributed by atoms with Crippen molar-refractivity contribution in [1.29, 1.82) is 0 Å². The molecule has 0 spiro atoms. The first-order chi connectivity index (χ1) is 12.1. The third kappa shape index (κ3) is 4.79. The summed E-state index contributed by atoms with van der Waals surface area (Å²) in [5.74, 6) is -1.78. The van der Waals surface area contributed by atoms with Crippen molar-refractivity contribution in [1.82, 2.24) is 15.3 Å². The lowest BCUT2D eigenvalue weighted by atomic mass is 10.2. The number of rotatable bonds is 7. The Morgan fingerprint density at radius 2 is 1.92 bits per heavy atom. The minimum atomic E-state index is -2.46. The topological polar surface area (TPSA) is 57.8 Å². The van der Waals surface area contributed by atoms with Crippen LogP contribution in [0.5, 0.6) is 0 Å². The zero-order chi connectivity index (χ0) is 17.6. The highest BCUT2D eigenvalue weighted by Gasteiger charge is 2.08. The number of carbonyl (C=O) groups excluding carboxylic acids is 1. The maximum absolute atomic E-state index is 12.3. The summed E-state index contributed by atoms with van der Waals surface area (Å²) in [5, 5.41) is 2.83. The average molecular weight is 361 g/mol. The molecule has 3 aromatic rings. The molecular weight excluding hydrogens is 344 g/mol. The number of nitrogens with zero attached hydrogens (tertiary/aromatic N) is 1. The molecular formula is C18H17F2N3OS. The number of aromatic amines is 1. The van der Waals surface area contributed by atoms with Crippen molar-refractivity contribution >= 4 is 28.7 Å². The van der Waals surface area contributed by atoms with Crippen LogP contribution in [-0.2, 0) is 6.42 Å². The molecule has 0 radical (unpaired) electrons. The molecule has 0 fully saturated rings. The number of alkyl halides is 2. The number of carbonyl (C=O) groups is 1. The van der Waals surface area contributed by atoms with Crippen molar-refractivity contribution in [2.75, 3.05) is 6.54 Å². The first-order valence-corrected chi connectivity index (χ1v) is 8.76. The number of benzene rings is 2. The van der Waals surface area contributed by atoms with E-state index in [0.717, 1.165) is 29.7 Å². The van der Waals surface area contributed by atoms with E-state index in [1.165, 1.54) is 12.1 Å². The van der Waals surface area contributed by atoms with Crippen molar-refractivity contribution < 1.29 is 13.6 Å². The van der Waals surface area contributed by atoms with Crippen LogP contribution in [0.2, 0.25) is 0 Å². The number of halogens is 2. The van der Waals surface area contributed by atoms with Gasteiger partial charge in [-0.15, -0.1) is 0 Å². The van der Waals surface area contributed by atoms with Crippen molar-refractivity contribution in [3.05, 3.63) is 59.9 Å². The van der Waals surface area contributed by atoms with Crippen LogP contribution in [0.1, 0.15) is 22.6 Å². The van der Waals surface area contributed by atoms with E-state index < -0.39 is 5.76 Å². The minimum absolute atomic E-state index is 0.210. The Morgan fingerprint density at radius 3 is 2.64 bits per heavy atom. The molecule has 1 amide bonds. The molecule has 2 N–H and O–H groups in total. The number of hydrogen-bond donors (Lipinski definition) is 2. The van der Waals surface area contributed by atoms with Gasteiger partial charge in [-0.3, -0.25) is 4.79 Å². The molecule has 1 heterocycles. The average Bonchev–Trinajstić information content (AvgIpc) is 3.01. The molecule has 3 rings (SSSR count). The molecule has 7 heteroatoms. The highest BCUT2D eigenvalue weighted by Crippen LogP contribution is 2.25. The summed E-state index contributed by atoms with van der Waals surface area (Å²) in [4.78, 5) is 20.2. The summed E-state index contributed by atoms with van der Waals surface area (Å²) < 4.78 is 24.5. The fraction of sp³-hybridized carbons (Fsp3) is 0.222. The summed E-state index contributed by atoms with van der Waals surface area (Å²) in [6.07, 6.45) is 1.49. The number of nitrogens with one attached hydrogen (secondary N) is 2. The number of H-pyrrole nitrogens is 1. The van der Waals surface area contributed by atoms with Crippen molar-refractivity contribution in [2.45, 2.75) is 23.5 Å². The fourth-order valence-corrected chi connectivity index (χ4v) is 2.97. The molecule has 130 valence electrons. The standard InChI is InChI=1S/C18H17F2N3OS/c19-18(20)25-13-9-7-12(8-10-13)17(24)21-11-3-6-16-22-14-4-1-2-5-15(14)23-16/h1-2,4-5,7-10,18H,3,6,11H2,(H,21,24)(H,22,23). The summed E-state index contributed by atoms with van der Waals surface area (Å²) >= 11 is 0.464. The van der Waals surface area contributed by atoms with Gasteiger partial charge in [0.15, 0.2) is 0 Å². The molecule has 4 nitrogen and oxygen atoms in total. The van der Waals surface area contributed by atoms with Gasteiger partial charge in [0.25, 0.3) is 11.7 Å². The Bertz CT molecular complexity index is 816. The highest BCUT2D eigenvalue weighted by molar-refractivity contribution is 7.99. The third-order valence-electron chi connectivity index (χ3n) is 3.66. The second-order valence-corrected chi connectivity index (χ2v) is 6.53. The molecule has 0 aliphatic heterocycles. The van der Waals surface area contributed by atoms with E-state index in [9.17, 15) is 13.6 Å². The molecule has 0 atom stereocenters. The number of hydrogen-bond acceptors (Lipinski definition) is 3. The van der Waals surface area contributed by atoms with Crippen molar-refractivity contribution in [3.63, 3.8) is 0 Å². The van der Waals surface area contributed by atoms with E-state index in [2.05, 4.69) is 15.3 Å². The monoisotopic (exact) mass is 361 g/mol. The summed E-state index contributed by atoms with van der Waals surface area (Å²) in [7, 11) is 0. The zero-order valence-electron chi connectivity index (χ0n) is 13.3. The smallest absolute Gasteiger partial charge is 0.288 e. The van der Waals surface area contributed by atoms with Crippen LogP contribution in [-0.4, -0.2) is 28.2 Å². The van der Waals surface area contributed by atoms with E-state index in [-0.39, 0.29) is 5.91 Å². The molecule has 0 aliphatic carbocycles. The predicted octanol–water partition coefficient (Wildman–Crippen LogP) is 4.24. The third-order valence-corrected chi connectivity index (χ3v) is 4.38. The first kappa shape index (κ1) is 17.4. The number of amides is 1. The normalized spacial score (nSPS) is 11.2. The molecule has 2 aromatic carbocycles. The van der Waals surface area contributed by atoms with Gasteiger partial charge in [-0.2, -0.15) is 8.78 Å². The number of fused-ring (bicyclic) bond motifs is 1. The molecule has 0 unspecified atom stereocenters. The van der Waals surface area contributed by atoms with Gasteiger partial charge < -0.3 is 10.3 Å². The zero-order valence-corrected chi connectivity index (χ0v) is 14.2. The van der Waals surface area contributed by atoms with Gasteiger partial charge in [-0.1, -0.05) is 23.9 Å². The van der Waals surface area contributed by atoms with Crippen LogP contribution in [0.3, 0.4) is 0 Å². The molecule has 0 aliphatic rings. The van der Waals surface area contributed by atoms with Gasteiger partial charge in [-0.25, -0.2) is 4.98 Å². The Morgan fingerprint density at radius 1 is 1.16 bits per heavy atom. The highest BCUT2D eigenvalue weighted by atomic mass is 32.2. The van der Waals surface area contributed by atoms with Crippen molar-refractivity contribution in [3.8, 4) is 0 Å². The Hall–Kier alpha value is -2.41. The van der Waals surface area contributed by atoms with Gasteiger partial charge in [0, 0.05) is 23.4 Å². The van der Waals surface area contributed by atoms with E-state index in [0.29, 0.717) is 28.8 Å². The van der Waals surface area contributed by atoms with Crippen LogP contribution >= 0.6 is 11.8 Å². The maximum atomic E-state index is 12.3. The molecule has 1 aromatic heterocycles. The van der Waals surface area contributed by atoms with E-state index in [1.807, 2.05) is 24.3 Å². The quantitative estimate of drug-likeness (QED) is 0.489. The van der Waals surface area contributed by atoms with Crippen LogP contribution in [0, 0.1) is 0 Å². The first-order valence-electron chi connectivity index (χ1n) is 7.88. The van der Waals surface area contributed by atoms with E-state index in [1.54, 1.807) is 12.1 Å². The summed E-state index contributed by atoms with van der Waals surface area (Å²) in [6.45, 7) is 0.517. The number of imidazole rings is 1. The van der Waals surface area contributed by atoms with E-state index >= 15 is 0 Å². The Balaban J connectivity index is 1.45. The van der Waals surface area contributed by atoms with Gasteiger partial charge in [0.1, 0.15) is 5.82 Å². The molecule has 0 bridgehead atoms. The number of thioether (sulfide) groups is 1. The SMILES string of the molecule is O=C(NCCCc1nc2ccccc2[nH]1)c1ccc(SC(F)F)cc1. The molecule has 0 saturated heterocycles. The van der Waals surface area contributed by atoms with Crippen LogP contribution in [0.4, 0.5) is 8.78 Å². The lowest BCUT2D eigenvalue weighted by Gasteiger charge is -2.05. The summed E-state index contributed by atoms with van der Waals surface area (Å²) in [6, 6.07) is 14.0. The second-order valence-electron chi connectivity index (χ2n) is 5.46. The Labute approximate surface area is 148 Å². The Kier molecular flexibility index (Phi) is 5.65. The number of aryl methyl sites for hydroxylation is 1. The van der Waals surface area contributed by atoms with Gasteiger partial charge in [0.05, 0.1) is 11.0 Å². The minimum Gasteiger partial charge on any atom is -0.352 e. The number of aromatic nitrogens is 2. The lowest BCUT2D eigenvalue weighted by Crippen LogP contribution is -2.24. The largest absolute Gasteiger partial charge is 0.352 e. The summed E-state index contributed by atoms with van der Waals surface area (Å²) in [5.41, 5.74) is 2.40. The van der Waals surface area contributed by atoms with Crippen LogP contribution in [0.15, 0.2) is 53.4 Å². The van der Waals surface area contributed by atoms with Crippen LogP contribution < -0.4 is 5.32 Å². The van der Waals surface area contributed by atoms with E-state index in [4.69, 9.17) is 0 Å². The molecule has 25 heavy (non-hydrogen) atoms. The maximum Gasteiger partial charge on any atom is 0.288 e. The van der Waals surface area contributed by atoms with Crippen LogP contribution in [0.25, 0.3) is 11.0 Å². The number of para-hydroxylation sites is 2.